The van der Waals surface area contributed by atoms with Crippen LogP contribution in [0.1, 0.15) is 25.7 Å². The van der Waals surface area contributed by atoms with E-state index in [0.717, 1.165) is 19.4 Å². The molecule has 0 unspecified atom stereocenters. The van der Waals surface area contributed by atoms with Crippen molar-refractivity contribution in [1.29, 1.82) is 0 Å². The first-order valence-electron chi connectivity index (χ1n) is 6.96. The van der Waals surface area contributed by atoms with E-state index in [0.29, 0.717) is 19.0 Å². The minimum atomic E-state index is -3.28. The van der Waals surface area contributed by atoms with Gasteiger partial charge in [-0.15, -0.1) is 0 Å². The molecular weight excluding hydrogens is 282 g/mol. The van der Waals surface area contributed by atoms with Crippen molar-refractivity contribution in [2.45, 2.75) is 25.7 Å². The molecule has 110 valence electrons. The molecule has 0 aromatic heterocycles. The molecular formula is C12H23N3O2S2. The Kier molecular flexibility index (Phi) is 5.16. The van der Waals surface area contributed by atoms with Crippen molar-refractivity contribution in [2.75, 3.05) is 38.5 Å². The number of hydrogen-bond acceptors (Lipinski definition) is 4. The van der Waals surface area contributed by atoms with Crippen LogP contribution in [0, 0.1) is 5.92 Å². The Labute approximate surface area is 121 Å². The van der Waals surface area contributed by atoms with Gasteiger partial charge in [0.1, 0.15) is 5.75 Å². The fourth-order valence-corrected chi connectivity index (χ4v) is 4.73. The second-order valence-corrected chi connectivity index (χ2v) is 8.07. The lowest BCUT2D eigenvalue weighted by Gasteiger charge is -2.33. The van der Waals surface area contributed by atoms with Crippen LogP contribution >= 0.6 is 12.2 Å². The van der Waals surface area contributed by atoms with Gasteiger partial charge in [0.15, 0.2) is 0 Å². The summed E-state index contributed by atoms with van der Waals surface area (Å²) in [5, 5.41) is 0. The number of hydrogen-bond donors (Lipinski definition) is 1. The molecule has 2 rings (SSSR count). The fraction of sp³-hybridized carbons (Fsp3) is 0.917. The Morgan fingerprint density at radius 1 is 1.16 bits per heavy atom. The SMILES string of the molecule is NC(=S)CS(=O)(=O)N1CCC(CN2CCCC2)CC1. The molecule has 0 spiro atoms. The number of sulfonamides is 1. The van der Waals surface area contributed by atoms with Gasteiger partial charge in [-0.2, -0.15) is 0 Å². The lowest BCUT2D eigenvalue weighted by molar-refractivity contribution is 0.206. The predicted molar refractivity (Wildman–Crippen MR) is 80.5 cm³/mol. The van der Waals surface area contributed by atoms with Gasteiger partial charge >= 0.3 is 0 Å². The number of likely N-dealkylation sites (tertiary alicyclic amines) is 1. The van der Waals surface area contributed by atoms with E-state index in [1.165, 1.54) is 25.9 Å². The summed E-state index contributed by atoms with van der Waals surface area (Å²) < 4.78 is 25.5. The third kappa shape index (κ3) is 4.37. The fourth-order valence-electron chi connectivity index (χ4n) is 2.97. The minimum absolute atomic E-state index is 0.0548. The van der Waals surface area contributed by atoms with Crippen molar-refractivity contribution >= 4 is 27.2 Å². The van der Waals surface area contributed by atoms with E-state index in [4.69, 9.17) is 18.0 Å². The highest BCUT2D eigenvalue weighted by molar-refractivity contribution is 7.92. The van der Waals surface area contributed by atoms with Crippen LogP contribution in [0.4, 0.5) is 0 Å². The van der Waals surface area contributed by atoms with Crippen LogP contribution in [0.2, 0.25) is 0 Å². The molecule has 0 aliphatic carbocycles. The van der Waals surface area contributed by atoms with Gasteiger partial charge in [-0.05, 0) is 44.7 Å². The Balaban J connectivity index is 1.80. The standard InChI is InChI=1S/C12H23N3O2S2/c13-12(18)10-19(16,17)15-7-3-11(4-8-15)9-14-5-1-2-6-14/h11H,1-10H2,(H2,13,18). The molecule has 2 aliphatic heterocycles. The molecule has 19 heavy (non-hydrogen) atoms. The molecule has 0 saturated carbocycles. The zero-order valence-electron chi connectivity index (χ0n) is 11.3. The maximum atomic E-state index is 12.0. The number of nitrogens with zero attached hydrogens (tertiary/aromatic N) is 2. The van der Waals surface area contributed by atoms with E-state index in [-0.39, 0.29) is 10.7 Å². The van der Waals surface area contributed by atoms with Gasteiger partial charge < -0.3 is 10.6 Å². The van der Waals surface area contributed by atoms with E-state index in [1.807, 2.05) is 0 Å². The second kappa shape index (κ2) is 6.47. The normalized spacial score (nSPS) is 23.8. The minimum Gasteiger partial charge on any atom is -0.392 e. The van der Waals surface area contributed by atoms with Crippen molar-refractivity contribution in [3.8, 4) is 0 Å². The number of rotatable bonds is 5. The Morgan fingerprint density at radius 3 is 2.26 bits per heavy atom. The van der Waals surface area contributed by atoms with Crippen LogP contribution in [-0.2, 0) is 10.0 Å². The highest BCUT2D eigenvalue weighted by atomic mass is 32.2. The van der Waals surface area contributed by atoms with Crippen LogP contribution < -0.4 is 5.73 Å². The zero-order chi connectivity index (χ0) is 13.9. The van der Waals surface area contributed by atoms with Crippen LogP contribution in [0.25, 0.3) is 0 Å². The quantitative estimate of drug-likeness (QED) is 0.745. The first-order chi connectivity index (χ1) is 8.97. The van der Waals surface area contributed by atoms with Gasteiger partial charge in [-0.1, -0.05) is 12.2 Å². The number of nitrogens with two attached hydrogens (primary N) is 1. The summed E-state index contributed by atoms with van der Waals surface area (Å²) in [6, 6.07) is 0. The molecule has 0 atom stereocenters. The van der Waals surface area contributed by atoms with Crippen LogP contribution in [0.3, 0.4) is 0 Å². The summed E-state index contributed by atoms with van der Waals surface area (Å²) in [5.74, 6) is 0.438. The summed E-state index contributed by atoms with van der Waals surface area (Å²) in [6.45, 7) is 4.77. The number of piperidine rings is 1. The van der Waals surface area contributed by atoms with Gasteiger partial charge in [0.25, 0.3) is 0 Å². The average molecular weight is 305 g/mol. The first-order valence-corrected chi connectivity index (χ1v) is 8.97. The second-order valence-electron chi connectivity index (χ2n) is 5.57. The smallest absolute Gasteiger partial charge is 0.220 e. The monoisotopic (exact) mass is 305 g/mol. The summed E-state index contributed by atoms with van der Waals surface area (Å²) in [6.07, 6.45) is 4.52. The van der Waals surface area contributed by atoms with E-state index in [9.17, 15) is 8.42 Å². The summed E-state index contributed by atoms with van der Waals surface area (Å²) >= 11 is 4.70. The van der Waals surface area contributed by atoms with Crippen molar-refractivity contribution in [2.24, 2.45) is 11.7 Å². The third-order valence-corrected chi connectivity index (χ3v) is 6.16. The molecule has 5 nitrogen and oxygen atoms in total. The molecule has 2 fully saturated rings. The van der Waals surface area contributed by atoms with Gasteiger partial charge in [-0.25, -0.2) is 12.7 Å². The van der Waals surface area contributed by atoms with Crippen LogP contribution in [0.5, 0.6) is 0 Å². The Bertz CT molecular complexity index is 411. The maximum Gasteiger partial charge on any atom is 0.220 e. The molecule has 2 heterocycles. The summed E-state index contributed by atoms with van der Waals surface area (Å²) in [7, 11) is -3.28. The lowest BCUT2D eigenvalue weighted by Crippen LogP contribution is -2.43. The van der Waals surface area contributed by atoms with Crippen molar-refractivity contribution < 1.29 is 8.42 Å². The Morgan fingerprint density at radius 2 is 1.74 bits per heavy atom. The average Bonchev–Trinajstić information content (AvgIpc) is 2.81. The lowest BCUT2D eigenvalue weighted by atomic mass is 9.98. The van der Waals surface area contributed by atoms with Crippen LogP contribution in [0.15, 0.2) is 0 Å². The van der Waals surface area contributed by atoms with E-state index >= 15 is 0 Å². The molecule has 0 radical (unpaired) electrons. The Hall–Kier alpha value is -0.240. The van der Waals surface area contributed by atoms with Crippen molar-refractivity contribution in [1.82, 2.24) is 9.21 Å². The van der Waals surface area contributed by atoms with Crippen molar-refractivity contribution in [3.05, 3.63) is 0 Å². The number of thiocarbonyl (C=S) groups is 1. The van der Waals surface area contributed by atoms with Crippen LogP contribution in [-0.4, -0.2) is 61.1 Å². The molecule has 2 N–H and O–H groups in total. The van der Waals surface area contributed by atoms with Gasteiger partial charge in [0, 0.05) is 19.6 Å². The summed E-state index contributed by atoms with van der Waals surface area (Å²) in [4.78, 5) is 2.56. The highest BCUT2D eigenvalue weighted by Crippen LogP contribution is 2.22. The van der Waals surface area contributed by atoms with Gasteiger partial charge in [0.05, 0.1) is 4.99 Å². The van der Waals surface area contributed by atoms with E-state index < -0.39 is 10.0 Å². The largest absolute Gasteiger partial charge is 0.392 e. The van der Waals surface area contributed by atoms with Gasteiger partial charge in [-0.3, -0.25) is 0 Å². The summed E-state index contributed by atoms with van der Waals surface area (Å²) in [5.41, 5.74) is 5.34. The molecule has 7 heteroatoms. The predicted octanol–water partition coefficient (Wildman–Crippen LogP) is 0.410. The third-order valence-electron chi connectivity index (χ3n) is 4.01. The molecule has 0 bridgehead atoms. The highest BCUT2D eigenvalue weighted by Gasteiger charge is 2.29. The van der Waals surface area contributed by atoms with E-state index in [1.54, 1.807) is 4.31 Å². The topological polar surface area (TPSA) is 66.6 Å². The molecule has 2 saturated heterocycles. The molecule has 2 aliphatic rings. The molecule has 0 aromatic carbocycles. The van der Waals surface area contributed by atoms with Gasteiger partial charge in [0.2, 0.25) is 10.0 Å². The molecule has 0 amide bonds. The first kappa shape index (κ1) is 15.2. The van der Waals surface area contributed by atoms with Crippen molar-refractivity contribution in [3.63, 3.8) is 0 Å². The maximum absolute atomic E-state index is 12.0. The van der Waals surface area contributed by atoms with E-state index in [2.05, 4.69) is 4.90 Å². The zero-order valence-corrected chi connectivity index (χ0v) is 12.9. The molecule has 0 aromatic rings.